The molecule has 3 aliphatic rings. The van der Waals surface area contributed by atoms with Crippen molar-refractivity contribution >= 4 is 29.4 Å². The van der Waals surface area contributed by atoms with Crippen molar-refractivity contribution in [2.24, 2.45) is 5.92 Å². The minimum Gasteiger partial charge on any atom is -0.493 e. The van der Waals surface area contributed by atoms with Gasteiger partial charge in [-0.25, -0.2) is 0 Å². The molecule has 11 nitrogen and oxygen atoms in total. The summed E-state index contributed by atoms with van der Waals surface area (Å²) in [4.78, 5) is 68.8. The van der Waals surface area contributed by atoms with Crippen molar-refractivity contribution < 1.29 is 33.4 Å². The molecule has 4 bridgehead atoms. The fourth-order valence-electron chi connectivity index (χ4n) is 6.72. The van der Waals surface area contributed by atoms with Gasteiger partial charge >= 0.3 is 0 Å². The van der Waals surface area contributed by atoms with Gasteiger partial charge in [0.1, 0.15) is 17.8 Å². The van der Waals surface area contributed by atoms with E-state index in [9.17, 15) is 24.0 Å². The van der Waals surface area contributed by atoms with E-state index >= 15 is 0 Å². The Labute approximate surface area is 272 Å². The molecule has 4 rings (SSSR count). The molecule has 0 aromatic heterocycles. The summed E-state index contributed by atoms with van der Waals surface area (Å²) >= 11 is 0. The molecule has 252 valence electrons. The molecule has 2 unspecified atom stereocenters. The lowest BCUT2D eigenvalue weighted by molar-refractivity contribution is -0.144. The van der Waals surface area contributed by atoms with Crippen LogP contribution in [-0.4, -0.2) is 83.8 Å². The van der Waals surface area contributed by atoms with Gasteiger partial charge in [0.15, 0.2) is 0 Å². The normalized spacial score (nSPS) is 24.7. The van der Waals surface area contributed by atoms with E-state index in [1.807, 2.05) is 45.0 Å². The summed E-state index contributed by atoms with van der Waals surface area (Å²) in [7, 11) is 0. The van der Waals surface area contributed by atoms with Gasteiger partial charge in [-0.3, -0.25) is 24.0 Å². The molecule has 11 heteroatoms. The number of hydrogen-bond acceptors (Lipinski definition) is 7. The van der Waals surface area contributed by atoms with Crippen LogP contribution in [0.25, 0.3) is 0 Å². The Bertz CT molecular complexity index is 1280. The molecule has 4 atom stereocenters. The first-order valence-corrected chi connectivity index (χ1v) is 16.7. The Morgan fingerprint density at radius 3 is 2.65 bits per heavy atom. The summed E-state index contributed by atoms with van der Waals surface area (Å²) in [5, 5.41) is 8.30. The molecular formula is C35H50N4O7. The summed E-state index contributed by atoms with van der Waals surface area (Å²) < 4.78 is 12.5. The third kappa shape index (κ3) is 9.40. The first kappa shape index (κ1) is 35.1. The smallest absolute Gasteiger partial charge is 0.289 e. The number of carbonyl (C=O) groups excluding carboxylic acids is 5. The van der Waals surface area contributed by atoms with E-state index in [1.165, 1.54) is 11.0 Å². The third-order valence-electron chi connectivity index (χ3n) is 9.11. The number of Topliss-reactive ketones (excluding diaryl/α,β-unsaturated/α-hetero) is 1. The number of ketones is 1. The Morgan fingerprint density at radius 2 is 1.93 bits per heavy atom. The van der Waals surface area contributed by atoms with Crippen LogP contribution in [0.5, 0.6) is 5.75 Å². The molecule has 3 N–H and O–H groups in total. The highest BCUT2D eigenvalue weighted by atomic mass is 16.5. The van der Waals surface area contributed by atoms with Gasteiger partial charge in [-0.1, -0.05) is 50.8 Å². The van der Waals surface area contributed by atoms with Gasteiger partial charge in [-0.15, -0.1) is 6.58 Å². The molecule has 1 saturated heterocycles. The van der Waals surface area contributed by atoms with Crippen molar-refractivity contribution in [2.45, 2.75) is 115 Å². The van der Waals surface area contributed by atoms with E-state index < -0.39 is 47.4 Å². The van der Waals surface area contributed by atoms with Crippen molar-refractivity contribution in [1.82, 2.24) is 20.9 Å². The first-order chi connectivity index (χ1) is 22.0. The zero-order valence-electron chi connectivity index (χ0n) is 27.5. The van der Waals surface area contributed by atoms with Crippen molar-refractivity contribution in [3.63, 3.8) is 0 Å². The molecular weight excluding hydrogens is 588 g/mol. The lowest BCUT2D eigenvalue weighted by Crippen LogP contribution is -2.58. The van der Waals surface area contributed by atoms with Gasteiger partial charge in [-0.05, 0) is 56.7 Å². The van der Waals surface area contributed by atoms with Gasteiger partial charge in [0, 0.05) is 25.9 Å². The number of carbonyl (C=O) groups is 5. The highest BCUT2D eigenvalue weighted by molar-refractivity contribution is 6.38. The van der Waals surface area contributed by atoms with E-state index in [1.54, 1.807) is 0 Å². The molecule has 0 spiro atoms. The SMILES string of the molecule is C=CCNC(=O)C(=O)C(CCC)NC(=O)C1C[C@@H]2CN1C(=O)[C@H](C1CCCCC1)NC(=O)Cc1cccc(c1)OCCC(C)(C)O2. The molecule has 1 aromatic carbocycles. The van der Waals surface area contributed by atoms with Crippen LogP contribution < -0.4 is 20.7 Å². The summed E-state index contributed by atoms with van der Waals surface area (Å²) in [5.41, 5.74) is 0.148. The quantitative estimate of drug-likeness (QED) is 0.279. The third-order valence-corrected chi connectivity index (χ3v) is 9.11. The van der Waals surface area contributed by atoms with Crippen LogP contribution in [-0.2, 0) is 35.1 Å². The number of benzene rings is 1. The van der Waals surface area contributed by atoms with Crippen LogP contribution in [0.15, 0.2) is 36.9 Å². The predicted molar refractivity (Wildman–Crippen MR) is 173 cm³/mol. The summed E-state index contributed by atoms with van der Waals surface area (Å²) in [6, 6.07) is 4.61. The van der Waals surface area contributed by atoms with Crippen LogP contribution in [0.1, 0.15) is 84.1 Å². The fourth-order valence-corrected chi connectivity index (χ4v) is 6.72. The van der Waals surface area contributed by atoms with Crippen LogP contribution in [0.2, 0.25) is 0 Å². The molecule has 1 aromatic rings. The number of ether oxygens (including phenoxy) is 2. The highest BCUT2D eigenvalue weighted by Crippen LogP contribution is 2.32. The van der Waals surface area contributed by atoms with Gasteiger partial charge in [-0.2, -0.15) is 0 Å². The number of hydrogen-bond donors (Lipinski definition) is 3. The van der Waals surface area contributed by atoms with Gasteiger partial charge in [0.2, 0.25) is 23.5 Å². The topological polar surface area (TPSA) is 143 Å². The number of amides is 4. The average Bonchev–Trinajstić information content (AvgIpc) is 3.44. The Balaban J connectivity index is 1.64. The molecule has 2 aliphatic heterocycles. The zero-order chi connectivity index (χ0) is 33.3. The van der Waals surface area contributed by atoms with E-state index in [0.717, 1.165) is 37.7 Å². The fraction of sp³-hybridized carbons (Fsp3) is 0.629. The summed E-state index contributed by atoms with van der Waals surface area (Å²) in [5.74, 6) is -2.08. The van der Waals surface area contributed by atoms with E-state index in [-0.39, 0.29) is 50.1 Å². The maximum absolute atomic E-state index is 14.5. The molecule has 4 amide bonds. The average molecular weight is 639 g/mol. The van der Waals surface area contributed by atoms with E-state index in [0.29, 0.717) is 25.2 Å². The maximum atomic E-state index is 14.5. The lowest BCUT2D eigenvalue weighted by Gasteiger charge is -2.35. The van der Waals surface area contributed by atoms with Crippen LogP contribution in [0.3, 0.4) is 0 Å². The first-order valence-electron chi connectivity index (χ1n) is 16.7. The van der Waals surface area contributed by atoms with Crippen molar-refractivity contribution in [2.75, 3.05) is 19.7 Å². The number of nitrogens with one attached hydrogen (secondary N) is 3. The number of nitrogens with zero attached hydrogens (tertiary/aromatic N) is 1. The Kier molecular flexibility index (Phi) is 12.4. The standard InChI is InChI=1S/C35H50N4O7/c1-5-11-27(31(41)33(43)36-17-6-2)37-32(42)28-21-26-22-39(28)34(44)30(24-13-8-7-9-14-24)38-29(40)20-23-12-10-15-25(19-23)45-18-16-35(3,4)46-26/h6,10,12,15,19,24,26-28,30H,2,5,7-9,11,13-14,16-18,20-22H2,1,3-4H3,(H,36,43)(H,37,42)(H,38,40)/t26-,27?,28?,30+/m1/s1. The molecule has 1 aliphatic carbocycles. The highest BCUT2D eigenvalue weighted by Gasteiger charge is 2.46. The Morgan fingerprint density at radius 1 is 1.17 bits per heavy atom. The zero-order valence-corrected chi connectivity index (χ0v) is 27.5. The number of rotatable bonds is 9. The number of fused-ring (bicyclic) bond motifs is 4. The van der Waals surface area contributed by atoms with Crippen LogP contribution in [0.4, 0.5) is 0 Å². The molecule has 0 radical (unpaired) electrons. The van der Waals surface area contributed by atoms with Crippen molar-refractivity contribution in [3.8, 4) is 5.75 Å². The van der Waals surface area contributed by atoms with Crippen molar-refractivity contribution in [1.29, 1.82) is 0 Å². The van der Waals surface area contributed by atoms with Crippen LogP contribution in [0, 0.1) is 5.92 Å². The largest absolute Gasteiger partial charge is 0.493 e. The Hall–Kier alpha value is -3.73. The van der Waals surface area contributed by atoms with Gasteiger partial charge < -0.3 is 30.3 Å². The second-order valence-corrected chi connectivity index (χ2v) is 13.3. The predicted octanol–water partition coefficient (Wildman–Crippen LogP) is 3.00. The van der Waals surface area contributed by atoms with Crippen LogP contribution >= 0.6 is 0 Å². The molecule has 2 heterocycles. The second kappa shape index (κ2) is 16.2. The molecule has 1 saturated carbocycles. The second-order valence-electron chi connectivity index (χ2n) is 13.3. The van der Waals surface area contributed by atoms with Gasteiger partial charge in [0.25, 0.3) is 5.91 Å². The summed E-state index contributed by atoms with van der Waals surface area (Å²) in [6.45, 7) is 9.99. The summed E-state index contributed by atoms with van der Waals surface area (Å²) in [6.07, 6.45) is 7.26. The van der Waals surface area contributed by atoms with E-state index in [2.05, 4.69) is 22.5 Å². The maximum Gasteiger partial charge on any atom is 0.289 e. The lowest BCUT2D eigenvalue weighted by atomic mass is 9.83. The van der Waals surface area contributed by atoms with E-state index in [4.69, 9.17) is 9.47 Å². The minimum atomic E-state index is -1.04. The van der Waals surface area contributed by atoms with Gasteiger partial charge in [0.05, 0.1) is 30.8 Å². The monoisotopic (exact) mass is 638 g/mol. The minimum absolute atomic E-state index is 0.0677. The molecule has 2 fully saturated rings. The van der Waals surface area contributed by atoms with Crippen molar-refractivity contribution in [3.05, 3.63) is 42.5 Å². The molecule has 46 heavy (non-hydrogen) atoms.